The van der Waals surface area contributed by atoms with E-state index in [2.05, 4.69) is 4.98 Å². The molecule has 0 atom stereocenters. The van der Waals surface area contributed by atoms with Crippen LogP contribution in [0.25, 0.3) is 17.0 Å². The molecular formula is C20H16N2O2. The molecule has 118 valence electrons. The normalized spacial score (nSPS) is 11.2. The highest BCUT2D eigenvalue weighted by Gasteiger charge is 2.16. The van der Waals surface area contributed by atoms with E-state index in [4.69, 9.17) is 4.74 Å². The van der Waals surface area contributed by atoms with Crippen LogP contribution in [-0.2, 0) is 0 Å². The molecule has 0 unspecified atom stereocenters. The molecule has 0 spiro atoms. The number of hydrogen-bond donors (Lipinski definition) is 1. The van der Waals surface area contributed by atoms with Crippen molar-refractivity contribution in [2.75, 3.05) is 6.61 Å². The van der Waals surface area contributed by atoms with Gasteiger partial charge in [-0.1, -0.05) is 30.3 Å². The third-order valence-electron chi connectivity index (χ3n) is 3.68. The van der Waals surface area contributed by atoms with Crippen molar-refractivity contribution >= 4 is 22.8 Å². The first kappa shape index (κ1) is 15.6. The lowest BCUT2D eigenvalue weighted by atomic mass is 10.0. The van der Waals surface area contributed by atoms with E-state index >= 15 is 0 Å². The molecule has 0 saturated carbocycles. The standard InChI is InChI=1S/C20H16N2O2/c1-2-24-16-7-5-6-14(11-16)10-15(12-21)20(23)18-13-22-19-9-4-3-8-17(18)19/h3-11,13,22H,2H2,1H3/b15-10+. The average Bonchev–Trinajstić information content (AvgIpc) is 3.04. The Bertz CT molecular complexity index is 961. The third-order valence-corrected chi connectivity index (χ3v) is 3.68. The summed E-state index contributed by atoms with van der Waals surface area (Å²) in [5, 5.41) is 10.2. The first-order chi connectivity index (χ1) is 11.7. The van der Waals surface area contributed by atoms with E-state index in [1.54, 1.807) is 12.3 Å². The maximum Gasteiger partial charge on any atom is 0.205 e. The summed E-state index contributed by atoms with van der Waals surface area (Å²) in [7, 11) is 0. The molecular weight excluding hydrogens is 300 g/mol. The molecule has 4 heteroatoms. The number of Topliss-reactive ketones (excluding diaryl/α,β-unsaturated/α-hetero) is 1. The van der Waals surface area contributed by atoms with Crippen LogP contribution in [0.3, 0.4) is 0 Å². The monoisotopic (exact) mass is 316 g/mol. The molecule has 3 aromatic rings. The number of rotatable bonds is 5. The van der Waals surface area contributed by atoms with Gasteiger partial charge in [-0.25, -0.2) is 0 Å². The summed E-state index contributed by atoms with van der Waals surface area (Å²) in [6.45, 7) is 2.47. The van der Waals surface area contributed by atoms with Gasteiger partial charge in [-0.3, -0.25) is 4.79 Å². The van der Waals surface area contributed by atoms with E-state index in [-0.39, 0.29) is 11.4 Å². The smallest absolute Gasteiger partial charge is 0.205 e. The lowest BCUT2D eigenvalue weighted by Gasteiger charge is -2.04. The zero-order valence-electron chi connectivity index (χ0n) is 13.2. The molecule has 24 heavy (non-hydrogen) atoms. The topological polar surface area (TPSA) is 65.9 Å². The maximum absolute atomic E-state index is 12.7. The summed E-state index contributed by atoms with van der Waals surface area (Å²) in [5.41, 5.74) is 2.22. The van der Waals surface area contributed by atoms with Gasteiger partial charge >= 0.3 is 0 Å². The number of nitriles is 1. The summed E-state index contributed by atoms with van der Waals surface area (Å²) in [6, 6.07) is 16.9. The van der Waals surface area contributed by atoms with Crippen LogP contribution in [0.1, 0.15) is 22.8 Å². The van der Waals surface area contributed by atoms with Crippen LogP contribution in [0.15, 0.2) is 60.3 Å². The van der Waals surface area contributed by atoms with E-state index in [0.29, 0.717) is 17.9 Å². The molecule has 1 aromatic heterocycles. The number of nitrogens with zero attached hydrogens (tertiary/aromatic N) is 1. The number of ketones is 1. The first-order valence-corrected chi connectivity index (χ1v) is 7.68. The average molecular weight is 316 g/mol. The SMILES string of the molecule is CCOc1cccc(/C=C(\C#N)C(=O)c2c[nH]c3ccccc23)c1. The van der Waals surface area contributed by atoms with Gasteiger partial charge in [0.15, 0.2) is 0 Å². The quantitative estimate of drug-likeness (QED) is 0.432. The van der Waals surface area contributed by atoms with Gasteiger partial charge in [0.25, 0.3) is 0 Å². The number of hydrogen-bond acceptors (Lipinski definition) is 3. The molecule has 3 rings (SSSR count). The zero-order valence-corrected chi connectivity index (χ0v) is 13.2. The molecule has 0 aliphatic heterocycles. The fourth-order valence-electron chi connectivity index (χ4n) is 2.58. The van der Waals surface area contributed by atoms with E-state index in [0.717, 1.165) is 16.5 Å². The Morgan fingerprint density at radius 2 is 2.08 bits per heavy atom. The second-order valence-corrected chi connectivity index (χ2v) is 5.25. The van der Waals surface area contributed by atoms with Crippen molar-refractivity contribution in [1.29, 1.82) is 5.26 Å². The van der Waals surface area contributed by atoms with E-state index in [9.17, 15) is 10.1 Å². The molecule has 0 amide bonds. The number of H-pyrrole nitrogens is 1. The van der Waals surface area contributed by atoms with Gasteiger partial charge < -0.3 is 9.72 Å². The lowest BCUT2D eigenvalue weighted by molar-refractivity contribution is 0.104. The second kappa shape index (κ2) is 6.84. The Morgan fingerprint density at radius 3 is 2.88 bits per heavy atom. The predicted molar refractivity (Wildman–Crippen MR) is 93.8 cm³/mol. The van der Waals surface area contributed by atoms with Crippen molar-refractivity contribution in [3.8, 4) is 11.8 Å². The Kier molecular flexibility index (Phi) is 4.44. The Hall–Kier alpha value is -3.32. The van der Waals surface area contributed by atoms with Crippen molar-refractivity contribution in [2.45, 2.75) is 6.92 Å². The van der Waals surface area contributed by atoms with Crippen LogP contribution >= 0.6 is 0 Å². The van der Waals surface area contributed by atoms with Crippen molar-refractivity contribution in [3.63, 3.8) is 0 Å². The highest BCUT2D eigenvalue weighted by Crippen LogP contribution is 2.22. The van der Waals surface area contributed by atoms with Crippen molar-refractivity contribution in [3.05, 3.63) is 71.4 Å². The zero-order chi connectivity index (χ0) is 16.9. The van der Waals surface area contributed by atoms with Crippen molar-refractivity contribution < 1.29 is 9.53 Å². The summed E-state index contributed by atoms with van der Waals surface area (Å²) in [4.78, 5) is 15.8. The Labute approximate surface area is 140 Å². The summed E-state index contributed by atoms with van der Waals surface area (Å²) < 4.78 is 5.45. The minimum Gasteiger partial charge on any atom is -0.494 e. The van der Waals surface area contributed by atoms with Crippen molar-refractivity contribution in [2.24, 2.45) is 0 Å². The number of para-hydroxylation sites is 1. The second-order valence-electron chi connectivity index (χ2n) is 5.25. The molecule has 0 saturated heterocycles. The minimum atomic E-state index is -0.295. The van der Waals surface area contributed by atoms with Crippen molar-refractivity contribution in [1.82, 2.24) is 4.98 Å². The number of carbonyl (C=O) groups is 1. The van der Waals surface area contributed by atoms with Gasteiger partial charge in [-0.15, -0.1) is 0 Å². The van der Waals surface area contributed by atoms with Gasteiger partial charge in [0.1, 0.15) is 17.4 Å². The third kappa shape index (κ3) is 3.06. The summed E-state index contributed by atoms with van der Waals surface area (Å²) in [5.74, 6) is 0.417. The minimum absolute atomic E-state index is 0.0911. The van der Waals surface area contributed by atoms with Crippen LogP contribution < -0.4 is 4.74 Å². The number of aromatic nitrogens is 1. The number of benzene rings is 2. The number of fused-ring (bicyclic) bond motifs is 1. The largest absolute Gasteiger partial charge is 0.494 e. The molecule has 2 aromatic carbocycles. The molecule has 4 nitrogen and oxygen atoms in total. The number of carbonyl (C=O) groups excluding carboxylic acids is 1. The van der Waals surface area contributed by atoms with Gasteiger partial charge in [0, 0.05) is 22.7 Å². The lowest BCUT2D eigenvalue weighted by Crippen LogP contribution is -2.01. The van der Waals surface area contributed by atoms with Gasteiger partial charge in [-0.2, -0.15) is 5.26 Å². The van der Waals surface area contributed by atoms with Crippen LogP contribution in [0.4, 0.5) is 0 Å². The highest BCUT2D eigenvalue weighted by molar-refractivity contribution is 6.19. The maximum atomic E-state index is 12.7. The van der Waals surface area contributed by atoms with Crippen LogP contribution in [0.2, 0.25) is 0 Å². The molecule has 0 aliphatic rings. The molecule has 0 aliphatic carbocycles. The first-order valence-electron chi connectivity index (χ1n) is 7.68. The van der Waals surface area contributed by atoms with Gasteiger partial charge in [0.05, 0.1) is 6.61 Å². The number of aromatic amines is 1. The molecule has 0 fully saturated rings. The number of allylic oxidation sites excluding steroid dienone is 1. The Morgan fingerprint density at radius 1 is 1.25 bits per heavy atom. The van der Waals surface area contributed by atoms with E-state index in [1.807, 2.05) is 61.5 Å². The van der Waals surface area contributed by atoms with Crippen LogP contribution in [-0.4, -0.2) is 17.4 Å². The molecule has 0 bridgehead atoms. The number of ether oxygens (including phenoxy) is 1. The van der Waals surface area contributed by atoms with E-state index < -0.39 is 0 Å². The summed E-state index contributed by atoms with van der Waals surface area (Å²) in [6.07, 6.45) is 3.24. The molecule has 1 N–H and O–H groups in total. The summed E-state index contributed by atoms with van der Waals surface area (Å²) >= 11 is 0. The highest BCUT2D eigenvalue weighted by atomic mass is 16.5. The van der Waals surface area contributed by atoms with Crippen LogP contribution in [0.5, 0.6) is 5.75 Å². The predicted octanol–water partition coefficient (Wildman–Crippen LogP) is 4.36. The fourth-order valence-corrected chi connectivity index (χ4v) is 2.58. The fraction of sp³-hybridized carbons (Fsp3) is 0.100. The molecule has 1 heterocycles. The Balaban J connectivity index is 1.98. The van der Waals surface area contributed by atoms with Gasteiger partial charge in [-0.05, 0) is 36.8 Å². The van der Waals surface area contributed by atoms with E-state index in [1.165, 1.54) is 0 Å². The molecule has 0 radical (unpaired) electrons. The van der Waals surface area contributed by atoms with Gasteiger partial charge in [0.2, 0.25) is 5.78 Å². The van der Waals surface area contributed by atoms with Crippen LogP contribution in [0, 0.1) is 11.3 Å². The number of nitrogens with one attached hydrogen (secondary N) is 1.